The normalized spacial score (nSPS) is 18.6. The van der Waals surface area contributed by atoms with Crippen LogP contribution < -0.4 is 15.5 Å². The number of carbonyl (C=O) groups excluding carboxylic acids is 2. The minimum absolute atomic E-state index is 0.000195. The van der Waals surface area contributed by atoms with Crippen LogP contribution in [0.25, 0.3) is 0 Å². The van der Waals surface area contributed by atoms with Crippen molar-refractivity contribution in [1.82, 2.24) is 25.6 Å². The Morgan fingerprint density at radius 2 is 2.28 bits per heavy atom. The van der Waals surface area contributed by atoms with E-state index >= 15 is 0 Å². The summed E-state index contributed by atoms with van der Waals surface area (Å²) in [5.74, 6) is -0.112. The van der Waals surface area contributed by atoms with Gasteiger partial charge < -0.3 is 15.7 Å². The molecule has 1 aliphatic rings. The molecule has 2 amide bonds. The number of amides is 2. The number of H-pyrrole nitrogens is 1. The van der Waals surface area contributed by atoms with Crippen molar-refractivity contribution in [2.24, 2.45) is 5.92 Å². The summed E-state index contributed by atoms with van der Waals surface area (Å²) < 4.78 is 0. The molecule has 2 aromatic rings. The topological polar surface area (TPSA) is 137 Å². The number of aromatic amines is 1. The SMILES string of the molecule is Cc1nccc(C(=O)N[C@@H]2C[C@@H]2CNC(=O)Cc2sc(=O)[nH]c2O)n1. The number of aryl methyl sites for hydroxylation is 1. The van der Waals surface area contributed by atoms with E-state index in [1.54, 1.807) is 13.0 Å². The van der Waals surface area contributed by atoms with Crippen molar-refractivity contribution in [3.8, 4) is 5.88 Å². The van der Waals surface area contributed by atoms with Crippen LogP contribution >= 0.6 is 11.3 Å². The van der Waals surface area contributed by atoms with E-state index in [4.69, 9.17) is 0 Å². The van der Waals surface area contributed by atoms with Crippen LogP contribution in [0.3, 0.4) is 0 Å². The third-order valence-corrected chi connectivity index (χ3v) is 4.70. The lowest BCUT2D eigenvalue weighted by atomic mass is 10.3. The summed E-state index contributed by atoms with van der Waals surface area (Å²) in [5, 5.41) is 15.1. The first-order valence-corrected chi connectivity index (χ1v) is 8.52. The molecule has 0 bridgehead atoms. The van der Waals surface area contributed by atoms with Gasteiger partial charge in [0.25, 0.3) is 5.91 Å². The molecule has 1 aliphatic carbocycles. The second kappa shape index (κ2) is 7.01. The van der Waals surface area contributed by atoms with E-state index < -0.39 is 4.87 Å². The number of nitrogens with one attached hydrogen (secondary N) is 3. The van der Waals surface area contributed by atoms with Gasteiger partial charge in [-0.25, -0.2) is 9.97 Å². The fourth-order valence-corrected chi connectivity index (χ4v) is 3.12. The second-order valence-corrected chi connectivity index (χ2v) is 6.90. The van der Waals surface area contributed by atoms with E-state index in [9.17, 15) is 19.5 Å². The van der Waals surface area contributed by atoms with Crippen LogP contribution in [0.4, 0.5) is 0 Å². The van der Waals surface area contributed by atoms with E-state index in [1.165, 1.54) is 6.20 Å². The van der Waals surface area contributed by atoms with Gasteiger partial charge in [-0.05, 0) is 25.3 Å². The highest BCUT2D eigenvalue weighted by molar-refractivity contribution is 7.09. The van der Waals surface area contributed by atoms with Gasteiger partial charge in [-0.2, -0.15) is 0 Å². The lowest BCUT2D eigenvalue weighted by molar-refractivity contribution is -0.120. The van der Waals surface area contributed by atoms with Crippen LogP contribution in [0, 0.1) is 12.8 Å². The zero-order chi connectivity index (χ0) is 18.0. The lowest BCUT2D eigenvalue weighted by Crippen LogP contribution is -2.32. The van der Waals surface area contributed by atoms with Crippen molar-refractivity contribution < 1.29 is 14.7 Å². The first kappa shape index (κ1) is 17.1. The number of nitrogens with zero attached hydrogens (tertiary/aromatic N) is 2. The Labute approximate surface area is 146 Å². The molecule has 3 rings (SSSR count). The van der Waals surface area contributed by atoms with Gasteiger partial charge in [0.1, 0.15) is 11.5 Å². The highest BCUT2D eigenvalue weighted by Crippen LogP contribution is 2.29. The molecular formula is C15H17N5O4S. The molecule has 1 fully saturated rings. The van der Waals surface area contributed by atoms with E-state index in [1.807, 2.05) is 0 Å². The zero-order valence-electron chi connectivity index (χ0n) is 13.4. The van der Waals surface area contributed by atoms with Gasteiger partial charge in [0.2, 0.25) is 11.8 Å². The summed E-state index contributed by atoms with van der Waals surface area (Å²) in [6, 6.07) is 1.55. The van der Waals surface area contributed by atoms with Gasteiger partial charge >= 0.3 is 4.87 Å². The molecule has 25 heavy (non-hydrogen) atoms. The van der Waals surface area contributed by atoms with E-state index in [-0.39, 0.29) is 36.1 Å². The van der Waals surface area contributed by atoms with Crippen LogP contribution in [0.2, 0.25) is 0 Å². The molecule has 1 saturated carbocycles. The van der Waals surface area contributed by atoms with E-state index in [0.717, 1.165) is 17.8 Å². The maximum Gasteiger partial charge on any atom is 0.307 e. The molecule has 10 heteroatoms. The average molecular weight is 363 g/mol. The summed E-state index contributed by atoms with van der Waals surface area (Å²) in [5.41, 5.74) is 0.319. The van der Waals surface area contributed by atoms with Crippen LogP contribution in [0.1, 0.15) is 27.6 Å². The van der Waals surface area contributed by atoms with Crippen LogP contribution in [0.5, 0.6) is 5.88 Å². The Morgan fingerprint density at radius 3 is 2.96 bits per heavy atom. The number of thiazole rings is 1. The summed E-state index contributed by atoms with van der Waals surface area (Å²) in [4.78, 5) is 45.1. The Hall–Kier alpha value is -2.75. The first-order valence-electron chi connectivity index (χ1n) is 7.70. The van der Waals surface area contributed by atoms with Crippen LogP contribution in [-0.2, 0) is 11.2 Å². The molecule has 2 heterocycles. The third kappa shape index (κ3) is 4.41. The number of aromatic hydroxyl groups is 1. The molecule has 2 aromatic heterocycles. The molecule has 4 N–H and O–H groups in total. The number of rotatable bonds is 6. The fourth-order valence-electron chi connectivity index (χ4n) is 2.40. The minimum atomic E-state index is -0.398. The molecule has 0 unspecified atom stereocenters. The van der Waals surface area contributed by atoms with Crippen molar-refractivity contribution in [2.45, 2.75) is 25.8 Å². The summed E-state index contributed by atoms with van der Waals surface area (Å²) in [7, 11) is 0. The molecule has 0 spiro atoms. The summed E-state index contributed by atoms with van der Waals surface area (Å²) in [6.45, 7) is 2.14. The summed E-state index contributed by atoms with van der Waals surface area (Å²) in [6.07, 6.45) is 2.25. The fraction of sp³-hybridized carbons (Fsp3) is 0.400. The monoisotopic (exact) mass is 363 g/mol. The van der Waals surface area contributed by atoms with Gasteiger partial charge in [-0.1, -0.05) is 11.3 Å². The van der Waals surface area contributed by atoms with Crippen molar-refractivity contribution in [3.05, 3.63) is 38.3 Å². The predicted molar refractivity (Wildman–Crippen MR) is 89.4 cm³/mol. The van der Waals surface area contributed by atoms with Crippen LogP contribution in [-0.4, -0.2) is 44.5 Å². The maximum absolute atomic E-state index is 12.1. The number of carbonyl (C=O) groups is 2. The van der Waals surface area contributed by atoms with Gasteiger partial charge in [-0.15, -0.1) is 0 Å². The van der Waals surface area contributed by atoms with E-state index in [0.29, 0.717) is 22.9 Å². The predicted octanol–water partition coefficient (Wildman–Crippen LogP) is -0.282. The lowest BCUT2D eigenvalue weighted by Gasteiger charge is -2.06. The van der Waals surface area contributed by atoms with Crippen molar-refractivity contribution in [3.63, 3.8) is 0 Å². The molecule has 0 saturated heterocycles. The minimum Gasteiger partial charge on any atom is -0.494 e. The first-order chi connectivity index (χ1) is 11.9. The van der Waals surface area contributed by atoms with E-state index in [2.05, 4.69) is 25.6 Å². The second-order valence-electron chi connectivity index (χ2n) is 5.83. The smallest absolute Gasteiger partial charge is 0.307 e. The van der Waals surface area contributed by atoms with Crippen molar-refractivity contribution >= 4 is 23.2 Å². The Morgan fingerprint density at radius 1 is 1.48 bits per heavy atom. The molecule has 0 radical (unpaired) electrons. The Kier molecular flexibility index (Phi) is 4.79. The average Bonchev–Trinajstić information content (AvgIpc) is 3.22. The summed E-state index contributed by atoms with van der Waals surface area (Å²) >= 11 is 0.809. The molecule has 9 nitrogen and oxygen atoms in total. The van der Waals surface area contributed by atoms with Gasteiger partial charge in [-0.3, -0.25) is 19.4 Å². The highest BCUT2D eigenvalue weighted by atomic mass is 32.1. The molecule has 2 atom stereocenters. The number of hydrogen-bond acceptors (Lipinski definition) is 7. The van der Waals surface area contributed by atoms with Crippen molar-refractivity contribution in [2.75, 3.05) is 6.54 Å². The highest BCUT2D eigenvalue weighted by Gasteiger charge is 2.38. The van der Waals surface area contributed by atoms with Crippen molar-refractivity contribution in [1.29, 1.82) is 0 Å². The molecule has 0 aromatic carbocycles. The van der Waals surface area contributed by atoms with Gasteiger partial charge in [0, 0.05) is 18.8 Å². The Bertz CT molecular complexity index is 862. The quantitative estimate of drug-likeness (QED) is 0.557. The molecule has 132 valence electrons. The molecular weight excluding hydrogens is 346 g/mol. The number of hydrogen-bond donors (Lipinski definition) is 4. The third-order valence-electron chi connectivity index (χ3n) is 3.83. The maximum atomic E-state index is 12.1. The number of aromatic nitrogens is 3. The van der Waals surface area contributed by atoms with Crippen LogP contribution in [0.15, 0.2) is 17.1 Å². The van der Waals surface area contributed by atoms with Gasteiger partial charge in [0.15, 0.2) is 0 Å². The zero-order valence-corrected chi connectivity index (χ0v) is 14.2. The molecule has 0 aliphatic heterocycles. The van der Waals surface area contributed by atoms with Gasteiger partial charge in [0.05, 0.1) is 11.3 Å². The standard InChI is InChI=1S/C15H17N5O4S/c1-7-16-3-2-9(18-7)13(22)19-10-4-8(10)6-17-12(21)5-11-14(23)20-15(24)25-11/h2-3,8,10,23H,4-6H2,1H3,(H,17,21)(H,19,22)(H,20,24)/t8-,10-/m1/s1. The Balaban J connectivity index is 1.42. The largest absolute Gasteiger partial charge is 0.494 e.